The number of carbonyl (C=O) groups is 2. The minimum atomic E-state index is -0.968. The number of aliphatic hydroxyl groups excluding tert-OH is 1. The van der Waals surface area contributed by atoms with Crippen LogP contribution in [-0.2, 0) is 9.53 Å². The van der Waals surface area contributed by atoms with Crippen molar-refractivity contribution in [3.8, 4) is 0 Å². The molecular weight excluding hydrogens is 240 g/mol. The largest absolute Gasteiger partial charge is 0.481 e. The number of nitrogens with zero attached hydrogens (tertiary/aromatic N) is 1. The molecule has 0 saturated carbocycles. The number of nitrogens with one attached hydrogen (secondary N) is 1. The number of ether oxygens (including phenoxy) is 1. The molecule has 3 atom stereocenters. The smallest absolute Gasteiger partial charge is 0.317 e. The molecule has 3 unspecified atom stereocenters. The molecule has 3 N–H and O–H groups in total. The van der Waals surface area contributed by atoms with E-state index in [1.54, 1.807) is 14.0 Å². The van der Waals surface area contributed by atoms with Gasteiger partial charge in [0.1, 0.15) is 5.92 Å². The predicted molar refractivity (Wildman–Crippen MR) is 63.2 cm³/mol. The average Bonchev–Trinajstić information content (AvgIpc) is 2.73. The Morgan fingerprint density at radius 2 is 2.17 bits per heavy atom. The normalized spacial score (nSPS) is 24.6. The van der Waals surface area contributed by atoms with Crippen molar-refractivity contribution in [2.75, 3.05) is 26.8 Å². The van der Waals surface area contributed by atoms with E-state index in [0.717, 1.165) is 0 Å². The molecule has 1 heterocycles. The van der Waals surface area contributed by atoms with Crippen LogP contribution >= 0.6 is 0 Å². The molecular formula is C11H20N2O5. The highest BCUT2D eigenvalue weighted by atomic mass is 16.5. The average molecular weight is 260 g/mol. The molecule has 1 saturated heterocycles. The molecule has 0 radical (unpaired) electrons. The topological polar surface area (TPSA) is 99.1 Å². The first kappa shape index (κ1) is 14.7. The summed E-state index contributed by atoms with van der Waals surface area (Å²) in [5.41, 5.74) is 0. The molecule has 0 aromatic heterocycles. The number of hydrogen-bond acceptors (Lipinski definition) is 4. The fourth-order valence-corrected chi connectivity index (χ4v) is 1.69. The zero-order valence-corrected chi connectivity index (χ0v) is 10.6. The zero-order chi connectivity index (χ0) is 13.7. The van der Waals surface area contributed by atoms with Gasteiger partial charge in [-0.25, -0.2) is 4.79 Å². The molecule has 0 aromatic rings. The van der Waals surface area contributed by atoms with Gasteiger partial charge in [0.2, 0.25) is 0 Å². The first-order valence-electron chi connectivity index (χ1n) is 5.92. The van der Waals surface area contributed by atoms with E-state index in [1.807, 2.05) is 0 Å². The first-order valence-corrected chi connectivity index (χ1v) is 5.92. The molecule has 0 spiro atoms. The molecule has 7 heteroatoms. The number of carbonyl (C=O) groups excluding carboxylic acids is 1. The second-order valence-corrected chi connectivity index (χ2v) is 4.60. The van der Waals surface area contributed by atoms with Gasteiger partial charge in [-0.2, -0.15) is 0 Å². The molecule has 0 aliphatic carbocycles. The molecule has 0 aromatic carbocycles. The second-order valence-electron chi connectivity index (χ2n) is 4.60. The Hall–Kier alpha value is -1.34. The summed E-state index contributed by atoms with van der Waals surface area (Å²) >= 11 is 0. The number of urea groups is 1. The summed E-state index contributed by atoms with van der Waals surface area (Å²) in [4.78, 5) is 24.1. The number of amides is 2. The third kappa shape index (κ3) is 4.15. The lowest BCUT2D eigenvalue weighted by molar-refractivity contribution is -0.142. The van der Waals surface area contributed by atoms with Crippen LogP contribution in [0.15, 0.2) is 0 Å². The number of carboxylic acids is 1. The van der Waals surface area contributed by atoms with Crippen molar-refractivity contribution < 1.29 is 24.5 Å². The molecule has 1 rings (SSSR count). The standard InChI is InChI=1S/C11H20N2O5/c1-7(14)3-4-13(2)11(17)12-9-6-18-5-8(9)10(15)16/h7-9,14H,3-6H2,1-2H3,(H,12,17)(H,15,16). The van der Waals surface area contributed by atoms with Gasteiger partial charge in [-0.05, 0) is 13.3 Å². The Morgan fingerprint density at radius 3 is 2.72 bits per heavy atom. The summed E-state index contributed by atoms with van der Waals surface area (Å²) in [6, 6.07) is -0.846. The third-order valence-electron chi connectivity index (χ3n) is 2.94. The van der Waals surface area contributed by atoms with E-state index in [4.69, 9.17) is 14.9 Å². The highest BCUT2D eigenvalue weighted by Gasteiger charge is 2.35. The second kappa shape index (κ2) is 6.55. The van der Waals surface area contributed by atoms with Crippen LogP contribution < -0.4 is 5.32 Å². The summed E-state index contributed by atoms with van der Waals surface area (Å²) in [7, 11) is 1.60. The summed E-state index contributed by atoms with van der Waals surface area (Å²) in [5, 5.41) is 20.7. The fraction of sp³-hybridized carbons (Fsp3) is 0.818. The van der Waals surface area contributed by atoms with E-state index < -0.39 is 24.0 Å². The van der Waals surface area contributed by atoms with Crippen LogP contribution in [0.1, 0.15) is 13.3 Å². The summed E-state index contributed by atoms with van der Waals surface area (Å²) in [6.45, 7) is 2.40. The molecule has 1 fully saturated rings. The van der Waals surface area contributed by atoms with Gasteiger partial charge < -0.3 is 25.2 Å². The van der Waals surface area contributed by atoms with Crippen LogP contribution in [-0.4, -0.2) is 66.1 Å². The van der Waals surface area contributed by atoms with E-state index in [-0.39, 0.29) is 19.2 Å². The van der Waals surface area contributed by atoms with Crippen LogP contribution in [0.2, 0.25) is 0 Å². The first-order chi connectivity index (χ1) is 8.41. The maximum absolute atomic E-state index is 11.8. The number of aliphatic carboxylic acids is 1. The van der Waals surface area contributed by atoms with Crippen molar-refractivity contribution in [2.45, 2.75) is 25.5 Å². The van der Waals surface area contributed by atoms with Gasteiger partial charge in [0.15, 0.2) is 0 Å². The molecule has 2 amide bonds. The summed E-state index contributed by atoms with van der Waals surface area (Å²) in [6.07, 6.45) is 0.00908. The predicted octanol–water partition coefficient (Wildman–Crippen LogP) is -0.502. The molecule has 1 aliphatic heterocycles. The lowest BCUT2D eigenvalue weighted by Gasteiger charge is -2.22. The fourth-order valence-electron chi connectivity index (χ4n) is 1.69. The van der Waals surface area contributed by atoms with Crippen LogP contribution in [0, 0.1) is 5.92 Å². The number of rotatable bonds is 5. The van der Waals surface area contributed by atoms with E-state index in [2.05, 4.69) is 5.32 Å². The van der Waals surface area contributed by atoms with Crippen molar-refractivity contribution in [3.05, 3.63) is 0 Å². The Bertz CT molecular complexity index is 308. The van der Waals surface area contributed by atoms with E-state index in [1.165, 1.54) is 4.90 Å². The van der Waals surface area contributed by atoms with E-state index in [9.17, 15) is 9.59 Å². The van der Waals surface area contributed by atoms with Crippen molar-refractivity contribution in [1.82, 2.24) is 10.2 Å². The zero-order valence-electron chi connectivity index (χ0n) is 10.6. The van der Waals surface area contributed by atoms with Gasteiger partial charge in [-0.15, -0.1) is 0 Å². The van der Waals surface area contributed by atoms with Gasteiger partial charge in [-0.3, -0.25) is 4.79 Å². The SMILES string of the molecule is CC(O)CCN(C)C(=O)NC1COCC1C(=O)O. The van der Waals surface area contributed by atoms with Crippen molar-refractivity contribution in [2.24, 2.45) is 5.92 Å². The monoisotopic (exact) mass is 260 g/mol. The minimum Gasteiger partial charge on any atom is -0.481 e. The summed E-state index contributed by atoms with van der Waals surface area (Å²) in [5.74, 6) is -1.66. The number of aliphatic hydroxyl groups is 1. The highest BCUT2D eigenvalue weighted by Crippen LogP contribution is 2.14. The van der Waals surface area contributed by atoms with Crippen molar-refractivity contribution in [3.63, 3.8) is 0 Å². The molecule has 104 valence electrons. The van der Waals surface area contributed by atoms with E-state index >= 15 is 0 Å². The Morgan fingerprint density at radius 1 is 1.50 bits per heavy atom. The Kier molecular flexibility index (Phi) is 5.36. The Balaban J connectivity index is 2.41. The minimum absolute atomic E-state index is 0.123. The lowest BCUT2D eigenvalue weighted by atomic mass is 10.0. The van der Waals surface area contributed by atoms with Crippen molar-refractivity contribution in [1.29, 1.82) is 0 Å². The van der Waals surface area contributed by atoms with Gasteiger partial charge in [0.05, 0.1) is 25.4 Å². The number of hydrogen-bond donors (Lipinski definition) is 3. The quantitative estimate of drug-likeness (QED) is 0.619. The Labute approximate surface area is 106 Å². The third-order valence-corrected chi connectivity index (χ3v) is 2.94. The lowest BCUT2D eigenvalue weighted by Crippen LogP contribution is -2.48. The van der Waals surface area contributed by atoms with Gasteiger partial charge in [-0.1, -0.05) is 0 Å². The number of carboxylic acid groups (broad SMARTS) is 1. The van der Waals surface area contributed by atoms with E-state index in [0.29, 0.717) is 13.0 Å². The molecule has 7 nitrogen and oxygen atoms in total. The maximum Gasteiger partial charge on any atom is 0.317 e. The van der Waals surface area contributed by atoms with Crippen molar-refractivity contribution >= 4 is 12.0 Å². The van der Waals surface area contributed by atoms with Crippen LogP contribution in [0.25, 0.3) is 0 Å². The molecule has 0 bridgehead atoms. The molecule has 18 heavy (non-hydrogen) atoms. The molecule has 1 aliphatic rings. The highest BCUT2D eigenvalue weighted by molar-refractivity contribution is 5.77. The van der Waals surface area contributed by atoms with Crippen LogP contribution in [0.3, 0.4) is 0 Å². The van der Waals surface area contributed by atoms with Gasteiger partial charge >= 0.3 is 12.0 Å². The van der Waals surface area contributed by atoms with Crippen LogP contribution in [0.5, 0.6) is 0 Å². The van der Waals surface area contributed by atoms with Gasteiger partial charge in [0.25, 0.3) is 0 Å². The maximum atomic E-state index is 11.8. The van der Waals surface area contributed by atoms with Crippen LogP contribution in [0.4, 0.5) is 4.79 Å². The summed E-state index contributed by atoms with van der Waals surface area (Å²) < 4.78 is 5.06. The van der Waals surface area contributed by atoms with Gasteiger partial charge in [0, 0.05) is 13.6 Å².